The summed E-state index contributed by atoms with van der Waals surface area (Å²) in [6.45, 7) is 4.04. The van der Waals surface area contributed by atoms with Crippen LogP contribution in [-0.4, -0.2) is 11.6 Å². The summed E-state index contributed by atoms with van der Waals surface area (Å²) in [7, 11) is 0. The highest BCUT2D eigenvalue weighted by atomic mass is 16.1. The number of fused-ring (bicyclic) bond motifs is 1. The van der Waals surface area contributed by atoms with Gasteiger partial charge in [-0.15, -0.1) is 0 Å². The first-order valence-corrected chi connectivity index (χ1v) is 7.61. The van der Waals surface area contributed by atoms with E-state index < -0.39 is 0 Å². The lowest BCUT2D eigenvalue weighted by Gasteiger charge is -2.14. The fourth-order valence-corrected chi connectivity index (χ4v) is 2.17. The summed E-state index contributed by atoms with van der Waals surface area (Å²) in [6, 6.07) is 6.87. The van der Waals surface area contributed by atoms with Crippen molar-refractivity contribution in [2.24, 2.45) is 0 Å². The zero-order valence-electron chi connectivity index (χ0n) is 13.0. The van der Waals surface area contributed by atoms with Gasteiger partial charge in [-0.3, -0.25) is 9.59 Å². The van der Waals surface area contributed by atoms with Gasteiger partial charge in [-0.1, -0.05) is 61.8 Å². The van der Waals surface area contributed by atoms with Crippen LogP contribution in [0, 0.1) is 23.7 Å². The number of hydrogen-bond donors (Lipinski definition) is 0. The lowest BCUT2D eigenvalue weighted by Crippen LogP contribution is -2.20. The predicted molar refractivity (Wildman–Crippen MR) is 87.5 cm³/mol. The second kappa shape index (κ2) is 7.43. The maximum absolute atomic E-state index is 12.6. The SMILES string of the molecule is CCCC#CC1=C(C#CCCC)C(=O)c2ccccc2C1=O. The smallest absolute Gasteiger partial charge is 0.203 e. The Bertz CT molecular complexity index is 693. The third-order valence-electron chi connectivity index (χ3n) is 3.30. The average Bonchev–Trinajstić information content (AvgIpc) is 2.54. The van der Waals surface area contributed by atoms with E-state index in [1.54, 1.807) is 24.3 Å². The molecule has 0 aromatic heterocycles. The molecule has 0 unspecified atom stereocenters. The molecular weight excluding hydrogens is 272 g/mol. The van der Waals surface area contributed by atoms with Gasteiger partial charge >= 0.3 is 0 Å². The Morgan fingerprint density at radius 3 is 1.55 bits per heavy atom. The molecule has 0 atom stereocenters. The van der Waals surface area contributed by atoms with Crippen molar-refractivity contribution in [1.29, 1.82) is 0 Å². The quantitative estimate of drug-likeness (QED) is 0.772. The zero-order chi connectivity index (χ0) is 15.9. The van der Waals surface area contributed by atoms with Crippen LogP contribution in [0.4, 0.5) is 0 Å². The number of Topliss-reactive ketones (excluding diaryl/α,β-unsaturated/α-hetero) is 2. The molecule has 2 nitrogen and oxygen atoms in total. The summed E-state index contributed by atoms with van der Waals surface area (Å²) in [5.74, 6) is 11.3. The van der Waals surface area contributed by atoms with Crippen LogP contribution in [0.1, 0.15) is 60.2 Å². The zero-order valence-corrected chi connectivity index (χ0v) is 13.0. The number of ketones is 2. The van der Waals surface area contributed by atoms with Gasteiger partial charge in [-0.25, -0.2) is 0 Å². The molecule has 0 amide bonds. The van der Waals surface area contributed by atoms with Crippen LogP contribution in [0.2, 0.25) is 0 Å². The lowest BCUT2D eigenvalue weighted by atomic mass is 9.84. The second-order valence-electron chi connectivity index (χ2n) is 5.06. The minimum atomic E-state index is -0.195. The molecular formula is C20H18O2. The molecule has 0 fully saturated rings. The van der Waals surface area contributed by atoms with E-state index in [4.69, 9.17) is 0 Å². The van der Waals surface area contributed by atoms with Gasteiger partial charge in [0.05, 0.1) is 11.1 Å². The molecule has 2 heteroatoms. The molecule has 22 heavy (non-hydrogen) atoms. The third kappa shape index (κ3) is 3.18. The molecule has 0 saturated heterocycles. The van der Waals surface area contributed by atoms with Crippen molar-refractivity contribution in [3.05, 3.63) is 46.5 Å². The Morgan fingerprint density at radius 1 is 0.773 bits per heavy atom. The average molecular weight is 290 g/mol. The minimum Gasteiger partial charge on any atom is -0.288 e. The second-order valence-corrected chi connectivity index (χ2v) is 5.06. The van der Waals surface area contributed by atoms with Gasteiger partial charge < -0.3 is 0 Å². The van der Waals surface area contributed by atoms with Crippen molar-refractivity contribution in [2.75, 3.05) is 0 Å². The summed E-state index contributed by atoms with van der Waals surface area (Å²) in [6.07, 6.45) is 3.22. The summed E-state index contributed by atoms with van der Waals surface area (Å²) < 4.78 is 0. The Hall–Kier alpha value is -2.58. The van der Waals surface area contributed by atoms with Crippen molar-refractivity contribution in [3.8, 4) is 23.7 Å². The summed E-state index contributed by atoms with van der Waals surface area (Å²) >= 11 is 0. The minimum absolute atomic E-state index is 0.195. The molecule has 1 aliphatic rings. The number of hydrogen-bond acceptors (Lipinski definition) is 2. The molecule has 0 aliphatic heterocycles. The standard InChI is InChI=1S/C20H18O2/c1-3-5-7-11-15-16(12-8-6-4-2)20(22)18-14-10-9-13-17(18)19(15)21/h9-10,13-14H,3-6H2,1-2H3. The van der Waals surface area contributed by atoms with Gasteiger partial charge in [0, 0.05) is 24.0 Å². The Kier molecular flexibility index (Phi) is 5.34. The van der Waals surface area contributed by atoms with Crippen molar-refractivity contribution < 1.29 is 9.59 Å². The van der Waals surface area contributed by atoms with Crippen molar-refractivity contribution in [1.82, 2.24) is 0 Å². The number of benzene rings is 1. The molecule has 0 bridgehead atoms. The summed E-state index contributed by atoms with van der Waals surface area (Å²) in [4.78, 5) is 25.2. The fraction of sp³-hybridized carbons (Fsp3) is 0.300. The van der Waals surface area contributed by atoms with Crippen LogP contribution in [-0.2, 0) is 0 Å². The third-order valence-corrected chi connectivity index (χ3v) is 3.30. The van der Waals surface area contributed by atoms with Crippen LogP contribution in [0.3, 0.4) is 0 Å². The monoisotopic (exact) mass is 290 g/mol. The van der Waals surface area contributed by atoms with Gasteiger partial charge in [0.2, 0.25) is 11.6 Å². The van der Waals surface area contributed by atoms with Gasteiger partial charge in [-0.05, 0) is 12.8 Å². The normalized spacial score (nSPS) is 13.0. The predicted octanol–water partition coefficient (Wildman–Crippen LogP) is 3.97. The largest absolute Gasteiger partial charge is 0.288 e. The number of carbonyl (C=O) groups excluding carboxylic acids is 2. The van der Waals surface area contributed by atoms with Crippen molar-refractivity contribution >= 4 is 11.6 Å². The molecule has 110 valence electrons. The molecule has 0 heterocycles. The lowest BCUT2D eigenvalue weighted by molar-refractivity contribution is 0.0982. The molecule has 1 aromatic rings. The van der Waals surface area contributed by atoms with Crippen LogP contribution in [0.15, 0.2) is 35.4 Å². The first kappa shape index (κ1) is 15.8. The maximum Gasteiger partial charge on any atom is 0.203 e. The number of rotatable bonds is 2. The van der Waals surface area contributed by atoms with Crippen molar-refractivity contribution in [2.45, 2.75) is 39.5 Å². The van der Waals surface area contributed by atoms with E-state index in [9.17, 15) is 9.59 Å². The van der Waals surface area contributed by atoms with E-state index in [0.717, 1.165) is 12.8 Å². The van der Waals surface area contributed by atoms with Crippen LogP contribution >= 0.6 is 0 Å². The molecule has 0 radical (unpaired) electrons. The van der Waals surface area contributed by atoms with Crippen molar-refractivity contribution in [3.63, 3.8) is 0 Å². The molecule has 0 N–H and O–H groups in total. The summed E-state index contributed by atoms with van der Waals surface area (Å²) in [5, 5.41) is 0. The molecule has 1 aromatic carbocycles. The first-order chi connectivity index (χ1) is 10.7. The molecule has 2 rings (SSSR count). The van der Waals surface area contributed by atoms with E-state index in [0.29, 0.717) is 24.0 Å². The van der Waals surface area contributed by atoms with Gasteiger partial charge in [0.1, 0.15) is 0 Å². The highest BCUT2D eigenvalue weighted by molar-refractivity contribution is 6.30. The maximum atomic E-state index is 12.6. The Labute approximate surface area is 131 Å². The molecule has 1 aliphatic carbocycles. The van der Waals surface area contributed by atoms with Crippen LogP contribution in [0.5, 0.6) is 0 Å². The van der Waals surface area contributed by atoms with Crippen LogP contribution < -0.4 is 0 Å². The molecule has 0 spiro atoms. The van der Waals surface area contributed by atoms with E-state index in [2.05, 4.69) is 23.7 Å². The summed E-state index contributed by atoms with van der Waals surface area (Å²) in [5.41, 5.74) is 1.35. The number of unbranched alkanes of at least 4 members (excludes halogenated alkanes) is 2. The number of carbonyl (C=O) groups is 2. The molecule has 0 saturated carbocycles. The highest BCUT2D eigenvalue weighted by Gasteiger charge is 2.30. The Balaban J connectivity index is 2.56. The van der Waals surface area contributed by atoms with Crippen LogP contribution in [0.25, 0.3) is 0 Å². The van der Waals surface area contributed by atoms with Gasteiger partial charge in [-0.2, -0.15) is 0 Å². The first-order valence-electron chi connectivity index (χ1n) is 7.61. The highest BCUT2D eigenvalue weighted by Crippen LogP contribution is 2.25. The van der Waals surface area contributed by atoms with Gasteiger partial charge in [0.25, 0.3) is 0 Å². The van der Waals surface area contributed by atoms with Gasteiger partial charge in [0.15, 0.2) is 0 Å². The fourth-order valence-electron chi connectivity index (χ4n) is 2.17. The topological polar surface area (TPSA) is 34.1 Å². The van der Waals surface area contributed by atoms with E-state index >= 15 is 0 Å². The Morgan fingerprint density at radius 2 is 1.18 bits per heavy atom. The van der Waals surface area contributed by atoms with E-state index in [1.165, 1.54) is 0 Å². The van der Waals surface area contributed by atoms with E-state index in [-0.39, 0.29) is 22.7 Å². The van der Waals surface area contributed by atoms with E-state index in [1.807, 2.05) is 13.8 Å². The number of allylic oxidation sites excluding steroid dienone is 2.